The maximum Gasteiger partial charge on any atom is 0.214 e. The number of halogens is 2. The molecule has 0 aliphatic carbocycles. The Morgan fingerprint density at radius 3 is 2.25 bits per heavy atom. The fourth-order valence-corrected chi connectivity index (χ4v) is 3.32. The molecular formula is C16H16Cl2N2O3S. The Hall–Kier alpha value is -1.73. The molecule has 0 unspecified atom stereocenters. The molecule has 2 aromatic carbocycles. The van der Waals surface area contributed by atoms with E-state index in [2.05, 4.69) is 0 Å². The first-order chi connectivity index (χ1) is 11.1. The van der Waals surface area contributed by atoms with Crippen molar-refractivity contribution in [1.29, 1.82) is 0 Å². The van der Waals surface area contributed by atoms with Crippen molar-refractivity contribution < 1.29 is 13.5 Å². The number of aromatic hydroxyl groups is 1. The van der Waals surface area contributed by atoms with Crippen LogP contribution in [0, 0.1) is 6.92 Å². The average Bonchev–Trinajstić information content (AvgIpc) is 2.44. The van der Waals surface area contributed by atoms with Crippen LogP contribution >= 0.6 is 23.2 Å². The standard InChI is InChI=1S/C16H16Cl2N2O3S/c1-9-6-12(18)7-13(16(9)21)15(14(19)8-24(20,22)23)10-2-4-11(17)5-3-10/h2-7,21H,8,19H2,1H3,(H2,20,22,23). The van der Waals surface area contributed by atoms with Gasteiger partial charge in [-0.15, -0.1) is 0 Å². The summed E-state index contributed by atoms with van der Waals surface area (Å²) in [6.07, 6.45) is 0. The molecule has 0 atom stereocenters. The van der Waals surface area contributed by atoms with Crippen LogP contribution in [0.3, 0.4) is 0 Å². The zero-order valence-corrected chi connectivity index (χ0v) is 15.1. The highest BCUT2D eigenvalue weighted by Crippen LogP contribution is 2.36. The third kappa shape index (κ3) is 4.42. The maximum absolute atomic E-state index is 11.4. The number of rotatable bonds is 4. The molecule has 0 radical (unpaired) electrons. The van der Waals surface area contributed by atoms with E-state index >= 15 is 0 Å². The van der Waals surface area contributed by atoms with Gasteiger partial charge in [0, 0.05) is 26.9 Å². The molecule has 8 heteroatoms. The molecule has 2 rings (SSSR count). The van der Waals surface area contributed by atoms with Crippen LogP contribution in [0.15, 0.2) is 42.1 Å². The smallest absolute Gasteiger partial charge is 0.214 e. The lowest BCUT2D eigenvalue weighted by Gasteiger charge is -2.16. The van der Waals surface area contributed by atoms with E-state index in [9.17, 15) is 13.5 Å². The molecule has 0 aromatic heterocycles. The van der Waals surface area contributed by atoms with Crippen LogP contribution < -0.4 is 10.9 Å². The van der Waals surface area contributed by atoms with Gasteiger partial charge in [-0.05, 0) is 42.3 Å². The SMILES string of the molecule is Cc1cc(Cl)cc(C(=C(N)CS(N)(=O)=O)c2ccc(Cl)cc2)c1O. The molecule has 0 amide bonds. The van der Waals surface area contributed by atoms with Gasteiger partial charge >= 0.3 is 0 Å². The van der Waals surface area contributed by atoms with Crippen molar-refractivity contribution in [1.82, 2.24) is 0 Å². The van der Waals surface area contributed by atoms with E-state index in [0.717, 1.165) is 0 Å². The Bertz CT molecular complexity index is 908. The highest BCUT2D eigenvalue weighted by molar-refractivity contribution is 7.89. The number of primary sulfonamides is 1. The van der Waals surface area contributed by atoms with Gasteiger partial charge in [0.1, 0.15) is 11.5 Å². The average molecular weight is 387 g/mol. The number of phenolic OH excluding ortho intramolecular Hbond substituents is 1. The largest absolute Gasteiger partial charge is 0.507 e. The fourth-order valence-electron chi connectivity index (χ4n) is 2.35. The molecule has 0 heterocycles. The second-order valence-electron chi connectivity index (χ2n) is 5.33. The minimum atomic E-state index is -3.85. The zero-order valence-electron chi connectivity index (χ0n) is 12.8. The van der Waals surface area contributed by atoms with Crippen LogP contribution in [0.2, 0.25) is 10.0 Å². The van der Waals surface area contributed by atoms with Crippen molar-refractivity contribution in [2.75, 3.05) is 5.75 Å². The number of hydrogen-bond donors (Lipinski definition) is 3. The number of aryl methyl sites for hydroxylation is 1. The summed E-state index contributed by atoms with van der Waals surface area (Å²) in [5.74, 6) is -0.600. The lowest BCUT2D eigenvalue weighted by molar-refractivity contribution is 0.469. The van der Waals surface area contributed by atoms with Crippen LogP contribution in [0.25, 0.3) is 5.57 Å². The van der Waals surface area contributed by atoms with Crippen LogP contribution in [0.4, 0.5) is 0 Å². The van der Waals surface area contributed by atoms with Gasteiger partial charge in [-0.1, -0.05) is 35.3 Å². The van der Waals surface area contributed by atoms with Gasteiger partial charge in [-0.3, -0.25) is 0 Å². The quantitative estimate of drug-likeness (QED) is 0.750. The number of sulfonamides is 1. The number of phenols is 1. The zero-order chi connectivity index (χ0) is 18.1. The van der Waals surface area contributed by atoms with Gasteiger partial charge in [0.15, 0.2) is 0 Å². The first kappa shape index (κ1) is 18.6. The predicted octanol–water partition coefficient (Wildman–Crippen LogP) is 3.01. The summed E-state index contributed by atoms with van der Waals surface area (Å²) in [5.41, 5.74) is 7.78. The van der Waals surface area contributed by atoms with E-state index in [4.69, 9.17) is 34.1 Å². The van der Waals surface area contributed by atoms with E-state index < -0.39 is 15.8 Å². The summed E-state index contributed by atoms with van der Waals surface area (Å²) in [7, 11) is -3.85. The summed E-state index contributed by atoms with van der Waals surface area (Å²) in [6, 6.07) is 9.72. The molecule has 0 aliphatic rings. The second-order valence-corrected chi connectivity index (χ2v) is 7.82. The van der Waals surface area contributed by atoms with Crippen molar-refractivity contribution in [2.45, 2.75) is 6.92 Å². The Morgan fingerprint density at radius 1 is 1.12 bits per heavy atom. The molecule has 0 fully saturated rings. The minimum Gasteiger partial charge on any atom is -0.507 e. The van der Waals surface area contributed by atoms with Gasteiger partial charge in [0.05, 0.1) is 0 Å². The topological polar surface area (TPSA) is 106 Å². The highest BCUT2D eigenvalue weighted by Gasteiger charge is 2.19. The lowest BCUT2D eigenvalue weighted by atomic mass is 9.94. The molecule has 0 bridgehead atoms. The molecule has 0 saturated carbocycles. The van der Waals surface area contributed by atoms with Crippen molar-refractivity contribution in [2.24, 2.45) is 10.9 Å². The van der Waals surface area contributed by atoms with Gasteiger partial charge in [0.25, 0.3) is 0 Å². The number of hydrogen-bond acceptors (Lipinski definition) is 4. The lowest BCUT2D eigenvalue weighted by Crippen LogP contribution is -2.22. The van der Waals surface area contributed by atoms with Crippen molar-refractivity contribution in [3.63, 3.8) is 0 Å². The first-order valence-electron chi connectivity index (χ1n) is 6.83. The molecule has 24 heavy (non-hydrogen) atoms. The van der Waals surface area contributed by atoms with Gasteiger partial charge in [0.2, 0.25) is 10.0 Å². The molecule has 0 saturated heterocycles. The van der Waals surface area contributed by atoms with E-state index in [1.165, 1.54) is 6.07 Å². The predicted molar refractivity (Wildman–Crippen MR) is 97.5 cm³/mol. The Labute approximate surface area is 150 Å². The highest BCUT2D eigenvalue weighted by atomic mass is 35.5. The molecule has 0 aliphatic heterocycles. The molecular weight excluding hydrogens is 371 g/mol. The molecule has 0 spiro atoms. The summed E-state index contributed by atoms with van der Waals surface area (Å²) in [6.45, 7) is 1.68. The number of nitrogens with two attached hydrogens (primary N) is 2. The van der Waals surface area contributed by atoms with Crippen LogP contribution in [0.5, 0.6) is 5.75 Å². The van der Waals surface area contributed by atoms with Crippen molar-refractivity contribution in [3.8, 4) is 5.75 Å². The van der Waals surface area contributed by atoms with E-state index in [1.54, 1.807) is 37.3 Å². The van der Waals surface area contributed by atoms with Crippen LogP contribution in [-0.4, -0.2) is 19.3 Å². The summed E-state index contributed by atoms with van der Waals surface area (Å²) < 4.78 is 22.9. The third-order valence-corrected chi connectivity index (χ3v) is 4.53. The molecule has 2 aromatic rings. The van der Waals surface area contributed by atoms with Crippen LogP contribution in [0.1, 0.15) is 16.7 Å². The second kappa shape index (κ2) is 7.03. The molecule has 5 nitrogen and oxygen atoms in total. The normalized spacial score (nSPS) is 12.8. The van der Waals surface area contributed by atoms with E-state index in [1.807, 2.05) is 0 Å². The Morgan fingerprint density at radius 2 is 1.71 bits per heavy atom. The van der Waals surface area contributed by atoms with Crippen molar-refractivity contribution >= 4 is 38.8 Å². The number of benzene rings is 2. The van der Waals surface area contributed by atoms with E-state index in [-0.39, 0.29) is 11.4 Å². The Balaban J connectivity index is 2.77. The van der Waals surface area contributed by atoms with Gasteiger partial charge < -0.3 is 10.8 Å². The molecule has 5 N–H and O–H groups in total. The van der Waals surface area contributed by atoms with Gasteiger partial charge in [-0.25, -0.2) is 13.6 Å². The fraction of sp³-hybridized carbons (Fsp3) is 0.125. The van der Waals surface area contributed by atoms with Crippen LogP contribution in [-0.2, 0) is 10.0 Å². The van der Waals surface area contributed by atoms with Gasteiger partial charge in [-0.2, -0.15) is 0 Å². The third-order valence-electron chi connectivity index (χ3n) is 3.35. The van der Waals surface area contributed by atoms with Crippen molar-refractivity contribution in [3.05, 3.63) is 68.8 Å². The summed E-state index contributed by atoms with van der Waals surface area (Å²) in [5, 5.41) is 16.4. The Kier molecular flexibility index (Phi) is 5.45. The molecule has 128 valence electrons. The monoisotopic (exact) mass is 386 g/mol. The minimum absolute atomic E-state index is 0.00297. The maximum atomic E-state index is 11.4. The summed E-state index contributed by atoms with van der Waals surface area (Å²) >= 11 is 12.0. The summed E-state index contributed by atoms with van der Waals surface area (Å²) in [4.78, 5) is 0. The van der Waals surface area contributed by atoms with E-state index in [0.29, 0.717) is 32.3 Å². The first-order valence-corrected chi connectivity index (χ1v) is 9.30.